The van der Waals surface area contributed by atoms with E-state index in [2.05, 4.69) is 10.3 Å². The zero-order valence-electron chi connectivity index (χ0n) is 14.4. The van der Waals surface area contributed by atoms with Crippen molar-refractivity contribution >= 4 is 16.8 Å². The third-order valence-electron chi connectivity index (χ3n) is 5.40. The Bertz CT molecular complexity index is 794. The van der Waals surface area contributed by atoms with Gasteiger partial charge in [0.15, 0.2) is 0 Å². The van der Waals surface area contributed by atoms with Crippen LogP contribution in [-0.2, 0) is 4.74 Å². The molecule has 4 heteroatoms. The molecule has 1 saturated carbocycles. The molecular formula is C20H24N2O2. The lowest BCUT2D eigenvalue weighted by Gasteiger charge is -2.21. The summed E-state index contributed by atoms with van der Waals surface area (Å²) >= 11 is 0. The zero-order chi connectivity index (χ0) is 16.7. The van der Waals surface area contributed by atoms with E-state index < -0.39 is 0 Å². The van der Waals surface area contributed by atoms with Crippen LogP contribution in [0.25, 0.3) is 10.9 Å². The maximum atomic E-state index is 12.9. The maximum absolute atomic E-state index is 12.9. The molecule has 24 heavy (non-hydrogen) atoms. The summed E-state index contributed by atoms with van der Waals surface area (Å²) in [5, 5.41) is 4.12. The maximum Gasteiger partial charge on any atom is 0.252 e. The number of nitrogens with one attached hydrogen (secondary N) is 1. The van der Waals surface area contributed by atoms with Crippen molar-refractivity contribution in [3.8, 4) is 0 Å². The van der Waals surface area contributed by atoms with Crippen LogP contribution in [0.15, 0.2) is 24.3 Å². The molecule has 1 N–H and O–H groups in total. The largest absolute Gasteiger partial charge is 0.373 e. The van der Waals surface area contributed by atoms with Gasteiger partial charge in [0.25, 0.3) is 5.91 Å². The standard InChI is InChI=1S/C20H24N2O2/c1-13-5-6-18-16(9-13)17(10-14(2)21-18)19(23)22-15-11-20(24-12-15)7-3-4-8-20/h5-6,9-10,15H,3-4,7-8,11-12H2,1-2H3,(H,22,23)/t15-/m1/s1. The van der Waals surface area contributed by atoms with Crippen molar-refractivity contribution in [2.75, 3.05) is 6.61 Å². The first-order valence-corrected chi connectivity index (χ1v) is 8.88. The Labute approximate surface area is 142 Å². The van der Waals surface area contributed by atoms with Crippen molar-refractivity contribution in [3.05, 3.63) is 41.1 Å². The van der Waals surface area contributed by atoms with Crippen LogP contribution in [0.2, 0.25) is 0 Å². The summed E-state index contributed by atoms with van der Waals surface area (Å²) in [6.07, 6.45) is 5.70. The zero-order valence-corrected chi connectivity index (χ0v) is 14.4. The Morgan fingerprint density at radius 2 is 2.04 bits per heavy atom. The Kier molecular flexibility index (Phi) is 3.80. The minimum atomic E-state index is -0.0141. The molecule has 2 aliphatic rings. The second-order valence-electron chi connectivity index (χ2n) is 7.41. The normalized spacial score (nSPS) is 22.3. The minimum absolute atomic E-state index is 0.0141. The molecule has 4 nitrogen and oxygen atoms in total. The van der Waals surface area contributed by atoms with E-state index in [1.165, 1.54) is 12.8 Å². The topological polar surface area (TPSA) is 51.2 Å². The molecule has 126 valence electrons. The number of aryl methyl sites for hydroxylation is 2. The molecule has 0 bridgehead atoms. The van der Waals surface area contributed by atoms with E-state index in [0.29, 0.717) is 12.2 Å². The molecule has 1 aliphatic carbocycles. The van der Waals surface area contributed by atoms with Crippen molar-refractivity contribution in [1.29, 1.82) is 0 Å². The van der Waals surface area contributed by atoms with Crippen molar-refractivity contribution in [3.63, 3.8) is 0 Å². The van der Waals surface area contributed by atoms with E-state index in [0.717, 1.165) is 41.4 Å². The lowest BCUT2D eigenvalue weighted by atomic mass is 9.96. The molecule has 1 aliphatic heterocycles. The number of benzene rings is 1. The lowest BCUT2D eigenvalue weighted by Crippen LogP contribution is -2.36. The van der Waals surface area contributed by atoms with Gasteiger partial charge in [-0.3, -0.25) is 9.78 Å². The van der Waals surface area contributed by atoms with Crippen LogP contribution < -0.4 is 5.32 Å². The first-order chi connectivity index (χ1) is 11.5. The Hall–Kier alpha value is -1.94. The van der Waals surface area contributed by atoms with E-state index >= 15 is 0 Å². The molecule has 2 heterocycles. The highest BCUT2D eigenvalue weighted by molar-refractivity contribution is 6.06. The van der Waals surface area contributed by atoms with E-state index in [9.17, 15) is 4.79 Å². The van der Waals surface area contributed by atoms with Crippen molar-refractivity contribution in [2.45, 2.75) is 57.6 Å². The van der Waals surface area contributed by atoms with Crippen LogP contribution >= 0.6 is 0 Å². The average molecular weight is 324 g/mol. The first-order valence-electron chi connectivity index (χ1n) is 8.88. The van der Waals surface area contributed by atoms with Gasteiger partial charge in [0.1, 0.15) is 0 Å². The minimum Gasteiger partial charge on any atom is -0.373 e. The Morgan fingerprint density at radius 3 is 2.83 bits per heavy atom. The van der Waals surface area contributed by atoms with E-state index in [-0.39, 0.29) is 17.6 Å². The highest BCUT2D eigenvalue weighted by Gasteiger charge is 2.42. The van der Waals surface area contributed by atoms with Crippen LogP contribution in [0.3, 0.4) is 0 Å². The van der Waals surface area contributed by atoms with Gasteiger partial charge in [-0.1, -0.05) is 24.5 Å². The van der Waals surface area contributed by atoms with Gasteiger partial charge in [0, 0.05) is 11.1 Å². The number of aromatic nitrogens is 1. The quantitative estimate of drug-likeness (QED) is 0.917. The van der Waals surface area contributed by atoms with Crippen molar-refractivity contribution in [1.82, 2.24) is 10.3 Å². The first kappa shape index (κ1) is 15.6. The number of fused-ring (bicyclic) bond motifs is 1. The lowest BCUT2D eigenvalue weighted by molar-refractivity contribution is 0.00988. The molecule has 2 aromatic rings. The van der Waals surface area contributed by atoms with Crippen LogP contribution in [0.4, 0.5) is 0 Å². The van der Waals surface area contributed by atoms with E-state index in [1.807, 2.05) is 38.1 Å². The number of pyridine rings is 1. The third kappa shape index (κ3) is 2.80. The number of ether oxygens (including phenoxy) is 1. The smallest absolute Gasteiger partial charge is 0.252 e. The van der Waals surface area contributed by atoms with Crippen LogP contribution in [0, 0.1) is 13.8 Å². The van der Waals surface area contributed by atoms with Gasteiger partial charge in [-0.15, -0.1) is 0 Å². The predicted molar refractivity (Wildman–Crippen MR) is 94.2 cm³/mol. The molecule has 0 radical (unpaired) electrons. The summed E-state index contributed by atoms with van der Waals surface area (Å²) in [5.41, 5.74) is 3.63. The van der Waals surface area contributed by atoms with Gasteiger partial charge in [-0.2, -0.15) is 0 Å². The molecule has 1 amide bonds. The van der Waals surface area contributed by atoms with E-state index in [4.69, 9.17) is 4.74 Å². The molecule has 4 rings (SSSR count). The highest BCUT2D eigenvalue weighted by atomic mass is 16.5. The molecule has 1 aromatic heterocycles. The fourth-order valence-electron chi connectivity index (χ4n) is 4.23. The average Bonchev–Trinajstić information content (AvgIpc) is 3.17. The third-order valence-corrected chi connectivity index (χ3v) is 5.40. The van der Waals surface area contributed by atoms with Gasteiger partial charge >= 0.3 is 0 Å². The predicted octanol–water partition coefficient (Wildman–Crippen LogP) is 3.68. The number of carbonyl (C=O) groups excluding carboxylic acids is 1. The number of carbonyl (C=O) groups is 1. The molecule has 1 atom stereocenters. The van der Waals surface area contributed by atoms with Crippen LogP contribution in [-0.4, -0.2) is 29.1 Å². The number of nitrogens with zero attached hydrogens (tertiary/aromatic N) is 1. The van der Waals surface area contributed by atoms with E-state index in [1.54, 1.807) is 0 Å². The van der Waals surface area contributed by atoms with Crippen molar-refractivity contribution in [2.24, 2.45) is 0 Å². The summed E-state index contributed by atoms with van der Waals surface area (Å²) in [6, 6.07) is 8.06. The fourth-order valence-corrected chi connectivity index (χ4v) is 4.23. The number of hydrogen-bond acceptors (Lipinski definition) is 3. The van der Waals surface area contributed by atoms with Gasteiger partial charge in [0.05, 0.1) is 29.3 Å². The summed E-state index contributed by atoms with van der Waals surface area (Å²) in [6.45, 7) is 4.60. The van der Waals surface area contributed by atoms with Crippen molar-refractivity contribution < 1.29 is 9.53 Å². The van der Waals surface area contributed by atoms with Gasteiger partial charge in [0.2, 0.25) is 0 Å². The summed E-state index contributed by atoms with van der Waals surface area (Å²) in [7, 11) is 0. The highest BCUT2D eigenvalue weighted by Crippen LogP contribution is 2.40. The monoisotopic (exact) mass is 324 g/mol. The van der Waals surface area contributed by atoms with Gasteiger partial charge < -0.3 is 10.1 Å². The molecule has 1 aromatic carbocycles. The second-order valence-corrected chi connectivity index (χ2v) is 7.41. The summed E-state index contributed by atoms with van der Waals surface area (Å²) < 4.78 is 6.05. The van der Waals surface area contributed by atoms with Gasteiger partial charge in [-0.05, 0) is 51.3 Å². The Balaban J connectivity index is 1.58. The molecule has 1 saturated heterocycles. The van der Waals surface area contributed by atoms with Crippen LogP contribution in [0.5, 0.6) is 0 Å². The Morgan fingerprint density at radius 1 is 1.25 bits per heavy atom. The number of hydrogen-bond donors (Lipinski definition) is 1. The molecule has 1 spiro atoms. The SMILES string of the molecule is Cc1ccc2nc(C)cc(C(=O)N[C@H]3COC4(CCCC4)C3)c2c1. The summed E-state index contributed by atoms with van der Waals surface area (Å²) in [4.78, 5) is 17.4. The van der Waals surface area contributed by atoms with Crippen LogP contribution in [0.1, 0.15) is 53.7 Å². The second kappa shape index (κ2) is 5.85. The fraction of sp³-hybridized carbons (Fsp3) is 0.500. The number of amides is 1. The molecule has 2 fully saturated rings. The molecular weight excluding hydrogens is 300 g/mol. The molecule has 0 unspecified atom stereocenters. The number of rotatable bonds is 2. The van der Waals surface area contributed by atoms with Gasteiger partial charge in [-0.25, -0.2) is 0 Å². The summed E-state index contributed by atoms with van der Waals surface area (Å²) in [5.74, 6) is -0.0141.